The molecule has 0 aliphatic carbocycles. The lowest BCUT2D eigenvalue weighted by molar-refractivity contribution is -0.385. The lowest BCUT2D eigenvalue weighted by atomic mass is 10.2. The molecule has 0 spiro atoms. The Morgan fingerprint density at radius 1 is 0.864 bits per heavy atom. The van der Waals surface area contributed by atoms with Gasteiger partial charge in [-0.2, -0.15) is 0 Å². The molecule has 0 fully saturated rings. The number of aryl methyl sites for hydroxylation is 2. The molecule has 0 saturated heterocycles. The Bertz CT molecular complexity index is 654. The highest BCUT2D eigenvalue weighted by Crippen LogP contribution is 2.21. The number of nitro groups is 2. The fraction of sp³-hybridized carbons (Fsp3) is 0.143. The summed E-state index contributed by atoms with van der Waals surface area (Å²) in [5.74, 6) is 0. The van der Waals surface area contributed by atoms with E-state index < -0.39 is 9.85 Å². The lowest BCUT2D eigenvalue weighted by Crippen LogP contribution is -1.95. The third-order valence-corrected chi connectivity index (χ3v) is 2.81. The van der Waals surface area contributed by atoms with Gasteiger partial charge in [0, 0.05) is 23.4 Å². The first-order chi connectivity index (χ1) is 10.2. The molecule has 0 saturated carbocycles. The van der Waals surface area contributed by atoms with Crippen LogP contribution in [0.5, 0.6) is 0 Å². The highest BCUT2D eigenvalue weighted by Gasteiger charge is 2.09. The first kappa shape index (κ1) is 16.9. The van der Waals surface area contributed by atoms with Crippen molar-refractivity contribution < 1.29 is 9.85 Å². The molecule has 0 unspecified atom stereocenters. The first-order valence-corrected chi connectivity index (χ1v) is 6.23. The normalized spacial score (nSPS) is 9.55. The Kier molecular flexibility index (Phi) is 5.39. The number of nitro benzene ring substituents is 2. The number of anilines is 2. The van der Waals surface area contributed by atoms with Crippen molar-refractivity contribution in [1.29, 1.82) is 0 Å². The van der Waals surface area contributed by atoms with E-state index in [4.69, 9.17) is 11.5 Å². The number of hydrogen-bond donors (Lipinski definition) is 2. The maximum atomic E-state index is 10.3. The van der Waals surface area contributed by atoms with Gasteiger partial charge >= 0.3 is 0 Å². The molecule has 0 heterocycles. The standard InChI is InChI=1S/2C7H8N2O2/c1-5-2-3-6(8)4-7(5)9(10)11;1-5-2-3-6(8)7(4-5)9(10)11/h2*2-4H,8H2,1H3. The summed E-state index contributed by atoms with van der Waals surface area (Å²) in [5, 5.41) is 20.6. The fourth-order valence-corrected chi connectivity index (χ4v) is 1.63. The zero-order valence-corrected chi connectivity index (χ0v) is 12.1. The third kappa shape index (κ3) is 4.44. The van der Waals surface area contributed by atoms with Crippen molar-refractivity contribution >= 4 is 22.7 Å². The van der Waals surface area contributed by atoms with Crippen LogP contribution in [-0.2, 0) is 0 Å². The van der Waals surface area contributed by atoms with Gasteiger partial charge in [0.25, 0.3) is 11.4 Å². The Labute approximate surface area is 126 Å². The number of nitrogen functional groups attached to an aromatic ring is 2. The van der Waals surface area contributed by atoms with E-state index in [1.807, 2.05) is 0 Å². The fourth-order valence-electron chi connectivity index (χ4n) is 1.63. The largest absolute Gasteiger partial charge is 0.399 e. The van der Waals surface area contributed by atoms with Crippen LogP contribution in [0.1, 0.15) is 11.1 Å². The van der Waals surface area contributed by atoms with Crippen LogP contribution >= 0.6 is 0 Å². The zero-order chi connectivity index (χ0) is 16.9. The molecule has 0 aliphatic rings. The summed E-state index contributed by atoms with van der Waals surface area (Å²) in [5.41, 5.74) is 12.9. The van der Waals surface area contributed by atoms with Crippen LogP contribution in [0, 0.1) is 34.1 Å². The van der Waals surface area contributed by atoms with Crippen LogP contribution in [0.2, 0.25) is 0 Å². The molecular formula is C14H16N4O4. The summed E-state index contributed by atoms with van der Waals surface area (Å²) in [4.78, 5) is 19.7. The van der Waals surface area contributed by atoms with Crippen LogP contribution in [-0.4, -0.2) is 9.85 Å². The van der Waals surface area contributed by atoms with E-state index in [0.29, 0.717) is 11.3 Å². The van der Waals surface area contributed by atoms with E-state index in [-0.39, 0.29) is 17.1 Å². The molecule has 0 aliphatic heterocycles. The Balaban J connectivity index is 0.000000220. The molecule has 2 aromatic rings. The maximum Gasteiger partial charge on any atom is 0.292 e. The molecule has 0 aromatic heterocycles. The van der Waals surface area contributed by atoms with Gasteiger partial charge in [0.05, 0.1) is 9.85 Å². The predicted molar refractivity (Wildman–Crippen MR) is 84.5 cm³/mol. The van der Waals surface area contributed by atoms with Crippen molar-refractivity contribution in [2.75, 3.05) is 11.5 Å². The molecule has 0 amide bonds. The third-order valence-electron chi connectivity index (χ3n) is 2.81. The van der Waals surface area contributed by atoms with Crippen molar-refractivity contribution in [3.05, 3.63) is 67.8 Å². The van der Waals surface area contributed by atoms with Gasteiger partial charge in [0.15, 0.2) is 0 Å². The summed E-state index contributed by atoms with van der Waals surface area (Å²) in [6, 6.07) is 9.36. The van der Waals surface area contributed by atoms with E-state index in [1.54, 1.807) is 32.0 Å². The topological polar surface area (TPSA) is 138 Å². The summed E-state index contributed by atoms with van der Waals surface area (Å²) in [7, 11) is 0. The molecule has 4 N–H and O–H groups in total. The monoisotopic (exact) mass is 304 g/mol. The molecule has 0 bridgehead atoms. The van der Waals surface area contributed by atoms with Gasteiger partial charge in [-0.05, 0) is 31.5 Å². The number of nitrogens with zero attached hydrogens (tertiary/aromatic N) is 2. The molecule has 8 nitrogen and oxygen atoms in total. The van der Waals surface area contributed by atoms with Gasteiger partial charge in [0.1, 0.15) is 5.69 Å². The average Bonchev–Trinajstić information content (AvgIpc) is 2.44. The van der Waals surface area contributed by atoms with E-state index >= 15 is 0 Å². The van der Waals surface area contributed by atoms with Crippen molar-refractivity contribution in [2.45, 2.75) is 13.8 Å². The second-order valence-electron chi connectivity index (χ2n) is 4.62. The highest BCUT2D eigenvalue weighted by molar-refractivity contribution is 5.58. The molecule has 2 aromatic carbocycles. The summed E-state index contributed by atoms with van der Waals surface area (Å²) >= 11 is 0. The van der Waals surface area contributed by atoms with Crippen molar-refractivity contribution in [3.63, 3.8) is 0 Å². The van der Waals surface area contributed by atoms with Crippen molar-refractivity contribution in [2.24, 2.45) is 0 Å². The van der Waals surface area contributed by atoms with Gasteiger partial charge in [-0.15, -0.1) is 0 Å². The van der Waals surface area contributed by atoms with Crippen LogP contribution < -0.4 is 11.5 Å². The highest BCUT2D eigenvalue weighted by atomic mass is 16.6. The Morgan fingerprint density at radius 2 is 1.45 bits per heavy atom. The van der Waals surface area contributed by atoms with Gasteiger partial charge in [-0.25, -0.2) is 0 Å². The molecule has 0 atom stereocenters. The first-order valence-electron chi connectivity index (χ1n) is 6.23. The maximum absolute atomic E-state index is 10.3. The van der Waals surface area contributed by atoms with Crippen molar-refractivity contribution in [3.8, 4) is 0 Å². The lowest BCUT2D eigenvalue weighted by Gasteiger charge is -1.96. The average molecular weight is 304 g/mol. The summed E-state index contributed by atoms with van der Waals surface area (Å²) in [6.07, 6.45) is 0. The van der Waals surface area contributed by atoms with E-state index in [9.17, 15) is 20.2 Å². The number of rotatable bonds is 2. The molecule has 8 heteroatoms. The number of nitrogens with two attached hydrogens (primary N) is 2. The number of hydrogen-bond acceptors (Lipinski definition) is 6. The molecular weight excluding hydrogens is 288 g/mol. The summed E-state index contributed by atoms with van der Waals surface area (Å²) in [6.45, 7) is 3.46. The van der Waals surface area contributed by atoms with E-state index in [0.717, 1.165) is 5.56 Å². The van der Waals surface area contributed by atoms with Gasteiger partial charge < -0.3 is 11.5 Å². The minimum Gasteiger partial charge on any atom is -0.399 e. The second kappa shape index (κ2) is 7.02. The Morgan fingerprint density at radius 3 is 1.91 bits per heavy atom. The zero-order valence-electron chi connectivity index (χ0n) is 12.1. The van der Waals surface area contributed by atoms with Crippen LogP contribution in [0.4, 0.5) is 22.7 Å². The molecule has 22 heavy (non-hydrogen) atoms. The van der Waals surface area contributed by atoms with Gasteiger partial charge in [-0.1, -0.05) is 12.1 Å². The van der Waals surface area contributed by atoms with Crippen LogP contribution in [0.15, 0.2) is 36.4 Å². The smallest absolute Gasteiger partial charge is 0.292 e. The van der Waals surface area contributed by atoms with E-state index in [1.165, 1.54) is 18.2 Å². The quantitative estimate of drug-likeness (QED) is 0.496. The Hall–Kier alpha value is -3.16. The molecule has 116 valence electrons. The molecule has 2 rings (SSSR count). The van der Waals surface area contributed by atoms with Crippen molar-refractivity contribution in [1.82, 2.24) is 0 Å². The van der Waals surface area contributed by atoms with E-state index in [2.05, 4.69) is 0 Å². The van der Waals surface area contributed by atoms with Gasteiger partial charge in [-0.3, -0.25) is 20.2 Å². The van der Waals surface area contributed by atoms with Crippen LogP contribution in [0.3, 0.4) is 0 Å². The minimum atomic E-state index is -0.484. The second-order valence-corrected chi connectivity index (χ2v) is 4.62. The minimum absolute atomic E-state index is 0.0231. The van der Waals surface area contributed by atoms with Gasteiger partial charge in [0.2, 0.25) is 0 Å². The predicted octanol–water partition coefficient (Wildman–Crippen LogP) is 2.97. The number of benzene rings is 2. The summed E-state index contributed by atoms with van der Waals surface area (Å²) < 4.78 is 0. The molecule has 0 radical (unpaired) electrons. The SMILES string of the molecule is Cc1ccc(N)c([N+](=O)[O-])c1.Cc1ccc(N)cc1[N+](=O)[O-]. The van der Waals surface area contributed by atoms with Crippen LogP contribution in [0.25, 0.3) is 0 Å².